The molecule has 0 fully saturated rings. The Balaban J connectivity index is 1.89. The average Bonchev–Trinajstić information content (AvgIpc) is 2.96. The van der Waals surface area contributed by atoms with Gasteiger partial charge in [-0.2, -0.15) is 0 Å². The zero-order chi connectivity index (χ0) is 17.1. The van der Waals surface area contributed by atoms with Gasteiger partial charge in [-0.1, -0.05) is 18.2 Å². The Hall–Kier alpha value is -3.41. The van der Waals surface area contributed by atoms with Gasteiger partial charge in [-0.15, -0.1) is 0 Å². The first-order chi connectivity index (χ1) is 11.6. The van der Waals surface area contributed by atoms with Crippen molar-refractivity contribution in [3.63, 3.8) is 0 Å². The zero-order valence-electron chi connectivity index (χ0n) is 12.7. The van der Waals surface area contributed by atoms with Crippen molar-refractivity contribution in [2.75, 3.05) is 7.11 Å². The van der Waals surface area contributed by atoms with Crippen molar-refractivity contribution < 1.29 is 24.2 Å². The van der Waals surface area contributed by atoms with E-state index in [9.17, 15) is 9.59 Å². The van der Waals surface area contributed by atoms with Crippen molar-refractivity contribution in [1.82, 2.24) is 0 Å². The van der Waals surface area contributed by atoms with Crippen LogP contribution in [0.5, 0.6) is 5.75 Å². The number of hydrogen-bond acceptors (Lipinski definition) is 5. The molecular formula is C18H13NO5. The number of benzene rings is 2. The van der Waals surface area contributed by atoms with Crippen molar-refractivity contribution in [1.29, 1.82) is 0 Å². The van der Waals surface area contributed by atoms with Crippen LogP contribution in [0.15, 0.2) is 59.2 Å². The minimum Gasteiger partial charge on any atom is -0.497 e. The second kappa shape index (κ2) is 6.37. The second-order valence-corrected chi connectivity index (χ2v) is 5.00. The van der Waals surface area contributed by atoms with Gasteiger partial charge in [-0.3, -0.25) is 0 Å². The van der Waals surface area contributed by atoms with E-state index >= 15 is 0 Å². The lowest BCUT2D eigenvalue weighted by Gasteiger charge is -2.02. The largest absolute Gasteiger partial charge is 0.497 e. The molecule has 0 atom stereocenters. The van der Waals surface area contributed by atoms with Gasteiger partial charge in [0.05, 0.1) is 12.7 Å². The first kappa shape index (κ1) is 15.5. The lowest BCUT2D eigenvalue weighted by molar-refractivity contribution is -0.129. The number of aromatic carboxylic acids is 1. The van der Waals surface area contributed by atoms with E-state index in [1.165, 1.54) is 12.1 Å². The standard InChI is InChI=1S/C18H13NO5/c1-23-14-4-2-3-13(10-14)16-19-15(18(22)24-16)9-11-5-7-12(8-6-11)17(20)21/h2-10H,1H3,(H,20,21). The third kappa shape index (κ3) is 3.17. The Labute approximate surface area is 137 Å². The van der Waals surface area contributed by atoms with Crippen LogP contribution in [0.3, 0.4) is 0 Å². The van der Waals surface area contributed by atoms with E-state index in [-0.39, 0.29) is 17.2 Å². The van der Waals surface area contributed by atoms with Gasteiger partial charge in [0.1, 0.15) is 5.75 Å². The van der Waals surface area contributed by atoms with Crippen molar-refractivity contribution in [2.24, 2.45) is 4.99 Å². The Morgan fingerprint density at radius 2 is 1.96 bits per heavy atom. The number of methoxy groups -OCH3 is 1. The molecular weight excluding hydrogens is 310 g/mol. The molecule has 0 unspecified atom stereocenters. The minimum atomic E-state index is -1.01. The molecule has 1 heterocycles. The molecule has 2 aromatic carbocycles. The number of ether oxygens (including phenoxy) is 2. The van der Waals surface area contributed by atoms with Crippen molar-refractivity contribution in [3.05, 3.63) is 70.9 Å². The van der Waals surface area contributed by atoms with E-state index < -0.39 is 11.9 Å². The van der Waals surface area contributed by atoms with Crippen molar-refractivity contribution in [3.8, 4) is 5.75 Å². The monoisotopic (exact) mass is 323 g/mol. The number of rotatable bonds is 4. The molecule has 0 amide bonds. The molecule has 0 saturated heterocycles. The van der Waals surface area contributed by atoms with Gasteiger partial charge in [0.25, 0.3) is 0 Å². The maximum Gasteiger partial charge on any atom is 0.363 e. The maximum absolute atomic E-state index is 12.0. The summed E-state index contributed by atoms with van der Waals surface area (Å²) in [4.78, 5) is 27.0. The van der Waals surface area contributed by atoms with Crippen LogP contribution in [0.2, 0.25) is 0 Å². The fourth-order valence-corrected chi connectivity index (χ4v) is 2.17. The van der Waals surface area contributed by atoms with Crippen molar-refractivity contribution in [2.45, 2.75) is 0 Å². The Bertz CT molecular complexity index is 865. The summed E-state index contributed by atoms with van der Waals surface area (Å²) in [5.41, 5.74) is 1.61. The normalized spacial score (nSPS) is 15.1. The molecule has 6 nitrogen and oxygen atoms in total. The highest BCUT2D eigenvalue weighted by Gasteiger charge is 2.24. The molecule has 0 aromatic heterocycles. The van der Waals surface area contributed by atoms with E-state index in [1.54, 1.807) is 49.6 Å². The number of nitrogens with zero attached hydrogens (tertiary/aromatic N) is 1. The summed E-state index contributed by atoms with van der Waals surface area (Å²) in [6.07, 6.45) is 1.54. The van der Waals surface area contributed by atoms with Gasteiger partial charge in [0.15, 0.2) is 5.70 Å². The van der Waals surface area contributed by atoms with Crippen LogP contribution in [0.25, 0.3) is 6.08 Å². The van der Waals surface area contributed by atoms with Gasteiger partial charge in [0, 0.05) is 5.56 Å². The van der Waals surface area contributed by atoms with E-state index in [0.717, 1.165) is 0 Å². The number of hydrogen-bond donors (Lipinski definition) is 1. The molecule has 0 saturated carbocycles. The molecule has 0 radical (unpaired) electrons. The van der Waals surface area contributed by atoms with Crippen LogP contribution in [-0.2, 0) is 9.53 Å². The fourth-order valence-electron chi connectivity index (χ4n) is 2.17. The zero-order valence-corrected chi connectivity index (χ0v) is 12.7. The van der Waals surface area contributed by atoms with E-state index in [2.05, 4.69) is 4.99 Å². The Morgan fingerprint density at radius 1 is 1.21 bits per heavy atom. The number of carbonyl (C=O) groups excluding carboxylic acids is 1. The first-order valence-electron chi connectivity index (χ1n) is 7.07. The smallest absolute Gasteiger partial charge is 0.363 e. The van der Waals surface area contributed by atoms with Crippen molar-refractivity contribution >= 4 is 23.9 Å². The van der Waals surface area contributed by atoms with E-state index in [1.807, 2.05) is 0 Å². The number of carboxylic acids is 1. The average molecular weight is 323 g/mol. The van der Waals surface area contributed by atoms with Gasteiger partial charge in [0.2, 0.25) is 5.90 Å². The molecule has 0 aliphatic carbocycles. The van der Waals surface area contributed by atoms with Gasteiger partial charge < -0.3 is 14.6 Å². The predicted octanol–water partition coefficient (Wildman–Crippen LogP) is 2.74. The van der Waals surface area contributed by atoms with Crippen LogP contribution in [-0.4, -0.2) is 30.1 Å². The summed E-state index contributed by atoms with van der Waals surface area (Å²) in [5, 5.41) is 8.88. The summed E-state index contributed by atoms with van der Waals surface area (Å²) in [6.45, 7) is 0. The Kier molecular flexibility index (Phi) is 4.11. The van der Waals surface area contributed by atoms with Gasteiger partial charge in [-0.05, 0) is 42.0 Å². The quantitative estimate of drug-likeness (QED) is 0.691. The number of carbonyl (C=O) groups is 2. The van der Waals surface area contributed by atoms with Crippen LogP contribution in [0.4, 0.5) is 0 Å². The molecule has 24 heavy (non-hydrogen) atoms. The predicted molar refractivity (Wildman–Crippen MR) is 87.0 cm³/mol. The summed E-state index contributed by atoms with van der Waals surface area (Å²) >= 11 is 0. The second-order valence-electron chi connectivity index (χ2n) is 5.00. The first-order valence-corrected chi connectivity index (χ1v) is 7.07. The van der Waals surface area contributed by atoms with E-state index in [0.29, 0.717) is 16.9 Å². The molecule has 0 spiro atoms. The number of carboxylic acid groups (broad SMARTS) is 1. The highest BCUT2D eigenvalue weighted by Crippen LogP contribution is 2.21. The highest BCUT2D eigenvalue weighted by molar-refractivity contribution is 6.13. The fraction of sp³-hybridized carbons (Fsp3) is 0.0556. The van der Waals surface area contributed by atoms with Gasteiger partial charge in [-0.25, -0.2) is 14.6 Å². The minimum absolute atomic E-state index is 0.149. The lowest BCUT2D eigenvalue weighted by Crippen LogP contribution is -2.05. The topological polar surface area (TPSA) is 85.2 Å². The molecule has 1 N–H and O–H groups in total. The third-order valence-corrected chi connectivity index (χ3v) is 3.40. The molecule has 0 bridgehead atoms. The SMILES string of the molecule is COc1cccc(C2=NC(=Cc3ccc(C(=O)O)cc3)C(=O)O2)c1. The summed E-state index contributed by atoms with van der Waals surface area (Å²) in [7, 11) is 1.55. The van der Waals surface area contributed by atoms with Crippen LogP contribution < -0.4 is 4.74 Å². The van der Waals surface area contributed by atoms with E-state index in [4.69, 9.17) is 14.6 Å². The Morgan fingerprint density at radius 3 is 2.62 bits per heavy atom. The summed E-state index contributed by atoms with van der Waals surface area (Å²) in [5.74, 6) is -0.733. The number of aliphatic imine (C=N–C) groups is 1. The molecule has 1 aliphatic heterocycles. The number of esters is 1. The number of cyclic esters (lactones) is 1. The van der Waals surface area contributed by atoms with Crippen LogP contribution in [0.1, 0.15) is 21.5 Å². The molecule has 1 aliphatic rings. The molecule has 2 aromatic rings. The summed E-state index contributed by atoms with van der Waals surface area (Å²) in [6, 6.07) is 13.2. The van der Waals surface area contributed by atoms with Gasteiger partial charge >= 0.3 is 11.9 Å². The maximum atomic E-state index is 12.0. The van der Waals surface area contributed by atoms with Crippen LogP contribution >= 0.6 is 0 Å². The molecule has 120 valence electrons. The third-order valence-electron chi connectivity index (χ3n) is 3.40. The highest BCUT2D eigenvalue weighted by atomic mass is 16.6. The van der Waals surface area contributed by atoms with Crippen LogP contribution in [0, 0.1) is 0 Å². The summed E-state index contributed by atoms with van der Waals surface area (Å²) < 4.78 is 10.3. The lowest BCUT2D eigenvalue weighted by atomic mass is 10.1. The molecule has 6 heteroatoms. The molecule has 3 rings (SSSR count).